The lowest BCUT2D eigenvalue weighted by molar-refractivity contribution is 0.118. The summed E-state index contributed by atoms with van der Waals surface area (Å²) in [7, 11) is 0. The molecule has 2 bridgehead atoms. The third kappa shape index (κ3) is 1.41. The fraction of sp³-hybridized carbons (Fsp3) is 0.875. The van der Waals surface area contributed by atoms with Gasteiger partial charge >= 0.3 is 0 Å². The number of hydrogen-bond donors (Lipinski definition) is 0. The van der Waals surface area contributed by atoms with Gasteiger partial charge in [-0.1, -0.05) is 45.3 Å². The summed E-state index contributed by atoms with van der Waals surface area (Å²) in [6, 6.07) is 0. The van der Waals surface area contributed by atoms with Crippen LogP contribution in [0.4, 0.5) is 0 Å². The molecule has 0 saturated heterocycles. The Morgan fingerprint density at radius 2 is 1.94 bits per heavy atom. The second kappa shape index (κ2) is 4.20. The van der Waals surface area contributed by atoms with Crippen LogP contribution in [0.3, 0.4) is 0 Å². The zero-order chi connectivity index (χ0) is 11.1. The molecule has 6 unspecified atom stereocenters. The van der Waals surface area contributed by atoms with Gasteiger partial charge in [0.1, 0.15) is 0 Å². The Morgan fingerprint density at radius 3 is 2.69 bits per heavy atom. The molecule has 16 heavy (non-hydrogen) atoms. The molecule has 6 atom stereocenters. The minimum Gasteiger partial charge on any atom is -0.0879 e. The minimum atomic E-state index is 0.995. The van der Waals surface area contributed by atoms with Crippen molar-refractivity contribution in [3.63, 3.8) is 0 Å². The van der Waals surface area contributed by atoms with Crippen LogP contribution < -0.4 is 0 Å². The highest BCUT2D eigenvalue weighted by Gasteiger charge is 2.56. The van der Waals surface area contributed by atoms with Crippen molar-refractivity contribution in [2.24, 2.45) is 35.5 Å². The maximum Gasteiger partial charge on any atom is -0.0168 e. The summed E-state index contributed by atoms with van der Waals surface area (Å²) < 4.78 is 0. The monoisotopic (exact) mass is 218 g/mol. The van der Waals surface area contributed by atoms with E-state index in [-0.39, 0.29) is 0 Å². The van der Waals surface area contributed by atoms with Crippen LogP contribution >= 0.6 is 0 Å². The topological polar surface area (TPSA) is 0 Å². The number of rotatable bonds is 4. The first kappa shape index (κ1) is 10.9. The Hall–Kier alpha value is -0.260. The van der Waals surface area contributed by atoms with Crippen molar-refractivity contribution in [1.29, 1.82) is 0 Å². The van der Waals surface area contributed by atoms with Crippen molar-refractivity contribution in [1.82, 2.24) is 0 Å². The summed E-state index contributed by atoms with van der Waals surface area (Å²) in [6.07, 6.45) is 13.8. The van der Waals surface area contributed by atoms with Crippen LogP contribution in [0.2, 0.25) is 0 Å². The molecule has 0 N–H and O–H groups in total. The second-order valence-corrected chi connectivity index (χ2v) is 6.35. The van der Waals surface area contributed by atoms with Crippen molar-refractivity contribution in [2.45, 2.75) is 52.4 Å². The van der Waals surface area contributed by atoms with E-state index in [0.717, 1.165) is 35.5 Å². The third-order valence-corrected chi connectivity index (χ3v) is 5.86. The molecular formula is C16H26. The lowest BCUT2D eigenvalue weighted by atomic mass is 9.67. The lowest BCUT2D eigenvalue weighted by Gasteiger charge is -2.38. The summed E-state index contributed by atoms with van der Waals surface area (Å²) in [5, 5.41) is 0. The number of hydrogen-bond acceptors (Lipinski definition) is 0. The van der Waals surface area contributed by atoms with E-state index < -0.39 is 0 Å². The molecule has 3 aliphatic rings. The van der Waals surface area contributed by atoms with E-state index in [1.165, 1.54) is 32.1 Å². The van der Waals surface area contributed by atoms with Gasteiger partial charge in [-0.15, -0.1) is 0 Å². The predicted octanol–water partition coefficient (Wildman–Crippen LogP) is 4.66. The first-order valence-electron chi connectivity index (χ1n) is 7.53. The van der Waals surface area contributed by atoms with E-state index in [1.807, 2.05) is 0 Å². The van der Waals surface area contributed by atoms with E-state index in [0.29, 0.717) is 0 Å². The Morgan fingerprint density at radius 1 is 1.06 bits per heavy atom. The molecule has 0 heteroatoms. The van der Waals surface area contributed by atoms with Gasteiger partial charge in [-0.05, 0) is 54.8 Å². The molecular weight excluding hydrogens is 192 g/mol. The maximum absolute atomic E-state index is 2.57. The quantitative estimate of drug-likeness (QED) is 0.602. The molecule has 3 rings (SSSR count). The Labute approximate surface area is 101 Å². The highest BCUT2D eigenvalue weighted by atomic mass is 14.6. The van der Waals surface area contributed by atoms with E-state index in [2.05, 4.69) is 26.0 Å². The lowest BCUT2D eigenvalue weighted by Crippen LogP contribution is -2.32. The fourth-order valence-electron chi connectivity index (χ4n) is 5.32. The van der Waals surface area contributed by atoms with Crippen LogP contribution in [0, 0.1) is 35.5 Å². The standard InChI is InChI=1S/C16H26/c1-3-5-7-12-11(4-2)15-10-16(12)14-9-6-8-13(14)15/h6,9,11-16H,3-5,7-8,10H2,1-2H3. The van der Waals surface area contributed by atoms with Gasteiger partial charge in [-0.3, -0.25) is 0 Å². The van der Waals surface area contributed by atoms with E-state index in [9.17, 15) is 0 Å². The van der Waals surface area contributed by atoms with Gasteiger partial charge < -0.3 is 0 Å². The highest BCUT2D eigenvalue weighted by Crippen LogP contribution is 2.63. The zero-order valence-corrected chi connectivity index (χ0v) is 10.9. The van der Waals surface area contributed by atoms with Crippen molar-refractivity contribution < 1.29 is 0 Å². The molecule has 3 aliphatic carbocycles. The normalized spacial score (nSPS) is 48.9. The predicted molar refractivity (Wildman–Crippen MR) is 69.1 cm³/mol. The van der Waals surface area contributed by atoms with Crippen LogP contribution in [0.1, 0.15) is 52.4 Å². The molecule has 0 heterocycles. The van der Waals surface area contributed by atoms with Crippen molar-refractivity contribution in [2.75, 3.05) is 0 Å². The molecule has 0 aromatic heterocycles. The van der Waals surface area contributed by atoms with E-state index in [1.54, 1.807) is 6.42 Å². The molecule has 0 amide bonds. The van der Waals surface area contributed by atoms with E-state index >= 15 is 0 Å². The molecule has 0 aromatic carbocycles. The minimum absolute atomic E-state index is 0.995. The molecule has 2 saturated carbocycles. The van der Waals surface area contributed by atoms with Gasteiger partial charge in [0.2, 0.25) is 0 Å². The Bertz CT molecular complexity index is 278. The number of fused-ring (bicyclic) bond motifs is 5. The summed E-state index contributed by atoms with van der Waals surface area (Å²) in [6.45, 7) is 4.77. The summed E-state index contributed by atoms with van der Waals surface area (Å²) >= 11 is 0. The average molecular weight is 218 g/mol. The van der Waals surface area contributed by atoms with Crippen molar-refractivity contribution >= 4 is 0 Å². The first-order valence-corrected chi connectivity index (χ1v) is 7.53. The van der Waals surface area contributed by atoms with Crippen LogP contribution in [-0.2, 0) is 0 Å². The van der Waals surface area contributed by atoms with Gasteiger partial charge in [0, 0.05) is 0 Å². The van der Waals surface area contributed by atoms with Gasteiger partial charge in [0.15, 0.2) is 0 Å². The van der Waals surface area contributed by atoms with Gasteiger partial charge in [0.25, 0.3) is 0 Å². The molecule has 0 nitrogen and oxygen atoms in total. The molecule has 2 fully saturated rings. The second-order valence-electron chi connectivity index (χ2n) is 6.35. The highest BCUT2D eigenvalue weighted by molar-refractivity contribution is 5.15. The fourth-order valence-corrected chi connectivity index (χ4v) is 5.32. The molecule has 90 valence electrons. The average Bonchev–Trinajstić information content (AvgIpc) is 2.95. The van der Waals surface area contributed by atoms with Gasteiger partial charge in [-0.25, -0.2) is 0 Å². The smallest absolute Gasteiger partial charge is 0.0168 e. The van der Waals surface area contributed by atoms with E-state index in [4.69, 9.17) is 0 Å². The van der Waals surface area contributed by atoms with Gasteiger partial charge in [-0.2, -0.15) is 0 Å². The molecule has 0 radical (unpaired) electrons. The molecule has 0 aliphatic heterocycles. The number of unbranched alkanes of at least 4 members (excludes halogenated alkanes) is 1. The third-order valence-electron chi connectivity index (χ3n) is 5.86. The van der Waals surface area contributed by atoms with Crippen molar-refractivity contribution in [3.05, 3.63) is 12.2 Å². The first-order chi connectivity index (χ1) is 7.86. The van der Waals surface area contributed by atoms with Crippen LogP contribution in [0.5, 0.6) is 0 Å². The van der Waals surface area contributed by atoms with Crippen LogP contribution in [0.15, 0.2) is 12.2 Å². The Kier molecular flexibility index (Phi) is 2.85. The SMILES string of the molecule is CCCCC1C2CC(C3CC=CC23)C1CC. The summed E-state index contributed by atoms with van der Waals surface area (Å²) in [5.74, 6) is 6.39. The summed E-state index contributed by atoms with van der Waals surface area (Å²) in [5.41, 5.74) is 0. The maximum atomic E-state index is 2.57. The zero-order valence-electron chi connectivity index (χ0n) is 10.9. The molecule has 0 spiro atoms. The largest absolute Gasteiger partial charge is 0.0879 e. The Balaban J connectivity index is 1.76. The van der Waals surface area contributed by atoms with Crippen molar-refractivity contribution in [3.8, 4) is 0 Å². The van der Waals surface area contributed by atoms with Crippen LogP contribution in [-0.4, -0.2) is 0 Å². The summed E-state index contributed by atoms with van der Waals surface area (Å²) in [4.78, 5) is 0. The number of allylic oxidation sites excluding steroid dienone is 2. The molecule has 0 aromatic rings. The van der Waals surface area contributed by atoms with Gasteiger partial charge in [0.05, 0.1) is 0 Å². The van der Waals surface area contributed by atoms with Crippen LogP contribution in [0.25, 0.3) is 0 Å².